The quantitative estimate of drug-likeness (QED) is 0.802. The molecule has 4 unspecified atom stereocenters. The van der Waals surface area contributed by atoms with Crippen molar-refractivity contribution in [1.82, 2.24) is 5.32 Å². The third kappa shape index (κ3) is 3.20. The fraction of sp³-hybridized carbons (Fsp3) is 1.00. The molecule has 98 valence electrons. The first kappa shape index (κ1) is 12.3. The van der Waals surface area contributed by atoms with Crippen LogP contribution in [0.3, 0.4) is 0 Å². The summed E-state index contributed by atoms with van der Waals surface area (Å²) in [6.07, 6.45) is 13.4. The molecule has 1 heterocycles. The molecule has 0 aromatic rings. The Morgan fingerprint density at radius 1 is 0.765 bits per heavy atom. The van der Waals surface area contributed by atoms with Crippen molar-refractivity contribution in [3.8, 4) is 0 Å². The van der Waals surface area contributed by atoms with Gasteiger partial charge in [0.2, 0.25) is 0 Å². The molecule has 0 radical (unpaired) electrons. The average molecular weight is 253 g/mol. The number of hydrogen-bond donors (Lipinski definition) is 1. The highest BCUT2D eigenvalue weighted by atomic mass is 32.2. The van der Waals surface area contributed by atoms with Gasteiger partial charge in [0.25, 0.3) is 0 Å². The second-order valence-corrected chi connectivity index (χ2v) is 7.55. The minimum absolute atomic E-state index is 0.832. The first-order valence-corrected chi connectivity index (χ1v) is 8.91. The van der Waals surface area contributed by atoms with Gasteiger partial charge in [0.1, 0.15) is 0 Å². The van der Waals surface area contributed by atoms with Gasteiger partial charge in [-0.2, -0.15) is 11.8 Å². The van der Waals surface area contributed by atoms with Crippen LogP contribution in [0.1, 0.15) is 57.8 Å². The molecule has 2 heteroatoms. The number of rotatable bonds is 2. The molecule has 4 atom stereocenters. The van der Waals surface area contributed by atoms with Gasteiger partial charge in [-0.15, -0.1) is 0 Å². The van der Waals surface area contributed by atoms with E-state index in [1.807, 2.05) is 0 Å². The van der Waals surface area contributed by atoms with Crippen LogP contribution >= 0.6 is 11.8 Å². The summed E-state index contributed by atoms with van der Waals surface area (Å²) in [5.74, 6) is 4.94. The molecular formula is C15H27NS. The largest absolute Gasteiger partial charge is 0.310 e. The van der Waals surface area contributed by atoms with Gasteiger partial charge in [-0.25, -0.2) is 0 Å². The van der Waals surface area contributed by atoms with Gasteiger partial charge in [-0.1, -0.05) is 25.7 Å². The fourth-order valence-electron chi connectivity index (χ4n) is 4.23. The smallest absolute Gasteiger partial charge is 0.0161 e. The second kappa shape index (κ2) is 5.97. The zero-order valence-corrected chi connectivity index (χ0v) is 11.8. The number of hydrogen-bond acceptors (Lipinski definition) is 2. The molecule has 1 aliphatic heterocycles. The van der Waals surface area contributed by atoms with Gasteiger partial charge >= 0.3 is 0 Å². The normalized spacial score (nSPS) is 43.1. The Kier molecular flexibility index (Phi) is 4.34. The predicted molar refractivity (Wildman–Crippen MR) is 76.6 cm³/mol. The van der Waals surface area contributed by atoms with E-state index in [9.17, 15) is 0 Å². The minimum Gasteiger partial charge on any atom is -0.310 e. The van der Waals surface area contributed by atoms with Crippen molar-refractivity contribution in [2.45, 2.75) is 69.9 Å². The Morgan fingerprint density at radius 2 is 1.65 bits per heavy atom. The molecule has 3 aliphatic rings. The second-order valence-electron chi connectivity index (χ2n) is 6.40. The van der Waals surface area contributed by atoms with E-state index >= 15 is 0 Å². The zero-order chi connectivity index (χ0) is 11.5. The maximum absolute atomic E-state index is 3.97. The summed E-state index contributed by atoms with van der Waals surface area (Å²) in [7, 11) is 0. The molecule has 2 aliphatic carbocycles. The molecule has 1 saturated heterocycles. The first-order chi connectivity index (χ1) is 8.42. The molecule has 0 spiro atoms. The van der Waals surface area contributed by atoms with E-state index in [-0.39, 0.29) is 0 Å². The standard InChI is InChI=1S/C15H27NS/c1-2-5-13-10-14(8-7-12(13)4-1)16-15-6-3-9-17-11-15/h12-16H,1-11H2. The van der Waals surface area contributed by atoms with Gasteiger partial charge in [0, 0.05) is 17.8 Å². The van der Waals surface area contributed by atoms with Crippen LogP contribution in [0.5, 0.6) is 0 Å². The Bertz CT molecular complexity index is 235. The van der Waals surface area contributed by atoms with Crippen LogP contribution in [0.2, 0.25) is 0 Å². The molecule has 3 fully saturated rings. The van der Waals surface area contributed by atoms with E-state index in [2.05, 4.69) is 17.1 Å². The summed E-state index contributed by atoms with van der Waals surface area (Å²) < 4.78 is 0. The molecule has 1 N–H and O–H groups in total. The number of nitrogens with one attached hydrogen (secondary N) is 1. The topological polar surface area (TPSA) is 12.0 Å². The summed E-state index contributed by atoms with van der Waals surface area (Å²) >= 11 is 2.15. The molecule has 0 aromatic heterocycles. The molecule has 2 saturated carbocycles. The van der Waals surface area contributed by atoms with Crippen LogP contribution in [0.15, 0.2) is 0 Å². The molecule has 0 aromatic carbocycles. The van der Waals surface area contributed by atoms with Crippen molar-refractivity contribution in [2.75, 3.05) is 11.5 Å². The van der Waals surface area contributed by atoms with Crippen molar-refractivity contribution < 1.29 is 0 Å². The van der Waals surface area contributed by atoms with Crippen LogP contribution in [-0.4, -0.2) is 23.6 Å². The van der Waals surface area contributed by atoms with Gasteiger partial charge < -0.3 is 5.32 Å². The third-order valence-electron chi connectivity index (χ3n) is 5.17. The predicted octanol–water partition coefficient (Wildman–Crippen LogP) is 3.83. The zero-order valence-electron chi connectivity index (χ0n) is 11.0. The van der Waals surface area contributed by atoms with E-state index in [0.717, 1.165) is 23.9 Å². The molecule has 0 bridgehead atoms. The molecule has 3 rings (SSSR count). The lowest BCUT2D eigenvalue weighted by atomic mass is 9.69. The average Bonchev–Trinajstić information content (AvgIpc) is 2.40. The lowest BCUT2D eigenvalue weighted by Gasteiger charge is -2.41. The highest BCUT2D eigenvalue weighted by molar-refractivity contribution is 7.99. The first-order valence-electron chi connectivity index (χ1n) is 7.75. The van der Waals surface area contributed by atoms with Crippen LogP contribution in [-0.2, 0) is 0 Å². The van der Waals surface area contributed by atoms with Crippen LogP contribution in [0, 0.1) is 11.8 Å². The van der Waals surface area contributed by atoms with Crippen LogP contribution in [0.25, 0.3) is 0 Å². The number of fused-ring (bicyclic) bond motifs is 1. The summed E-state index contributed by atoms with van der Waals surface area (Å²) in [5, 5.41) is 3.97. The summed E-state index contributed by atoms with van der Waals surface area (Å²) in [6.45, 7) is 0. The van der Waals surface area contributed by atoms with Crippen molar-refractivity contribution >= 4 is 11.8 Å². The minimum atomic E-state index is 0.832. The lowest BCUT2D eigenvalue weighted by Crippen LogP contribution is -2.45. The molecule has 0 amide bonds. The van der Waals surface area contributed by atoms with Crippen LogP contribution < -0.4 is 5.32 Å². The Hall–Kier alpha value is 0.310. The van der Waals surface area contributed by atoms with Crippen molar-refractivity contribution in [1.29, 1.82) is 0 Å². The van der Waals surface area contributed by atoms with E-state index in [0.29, 0.717) is 0 Å². The van der Waals surface area contributed by atoms with Crippen LogP contribution in [0.4, 0.5) is 0 Å². The summed E-state index contributed by atoms with van der Waals surface area (Å²) in [6, 6.07) is 1.69. The third-order valence-corrected chi connectivity index (χ3v) is 6.39. The monoisotopic (exact) mass is 253 g/mol. The summed E-state index contributed by atoms with van der Waals surface area (Å²) in [4.78, 5) is 0. The van der Waals surface area contributed by atoms with E-state index < -0.39 is 0 Å². The lowest BCUT2D eigenvalue weighted by molar-refractivity contribution is 0.139. The van der Waals surface area contributed by atoms with Crippen molar-refractivity contribution in [2.24, 2.45) is 11.8 Å². The highest BCUT2D eigenvalue weighted by Crippen LogP contribution is 2.40. The van der Waals surface area contributed by atoms with Gasteiger partial charge in [0.05, 0.1) is 0 Å². The van der Waals surface area contributed by atoms with Gasteiger partial charge in [-0.3, -0.25) is 0 Å². The van der Waals surface area contributed by atoms with Crippen molar-refractivity contribution in [3.63, 3.8) is 0 Å². The molecular weight excluding hydrogens is 226 g/mol. The van der Waals surface area contributed by atoms with E-state index in [1.165, 1.54) is 69.3 Å². The maximum atomic E-state index is 3.97. The fourth-order valence-corrected chi connectivity index (χ4v) is 5.32. The molecule has 17 heavy (non-hydrogen) atoms. The van der Waals surface area contributed by atoms with Gasteiger partial charge in [0.15, 0.2) is 0 Å². The number of thioether (sulfide) groups is 1. The maximum Gasteiger partial charge on any atom is 0.0161 e. The SMILES string of the molecule is C1CSCC(NC2CCC3CCCCC3C2)C1. The van der Waals surface area contributed by atoms with Crippen molar-refractivity contribution in [3.05, 3.63) is 0 Å². The van der Waals surface area contributed by atoms with E-state index in [1.54, 1.807) is 0 Å². The van der Waals surface area contributed by atoms with E-state index in [4.69, 9.17) is 0 Å². The van der Waals surface area contributed by atoms with Gasteiger partial charge in [-0.05, 0) is 49.7 Å². The summed E-state index contributed by atoms with van der Waals surface area (Å²) in [5.41, 5.74) is 0. The highest BCUT2D eigenvalue weighted by Gasteiger charge is 2.32. The Morgan fingerprint density at radius 3 is 2.47 bits per heavy atom. The molecule has 1 nitrogen and oxygen atoms in total. The Balaban J connectivity index is 1.48. The Labute approximate surface area is 111 Å².